The topological polar surface area (TPSA) is 94.2 Å². The molecule has 168 valence electrons. The highest BCUT2D eigenvalue weighted by molar-refractivity contribution is 7.22. The number of nitro groups is 1. The number of aryl methyl sites for hydroxylation is 1. The van der Waals surface area contributed by atoms with E-state index < -0.39 is 22.5 Å². The summed E-state index contributed by atoms with van der Waals surface area (Å²) in [6.07, 6.45) is 8.40. The summed E-state index contributed by atoms with van der Waals surface area (Å²) in [6, 6.07) is 7.79. The van der Waals surface area contributed by atoms with Crippen LogP contribution in [0.5, 0.6) is 0 Å². The van der Waals surface area contributed by atoms with Gasteiger partial charge in [-0.25, -0.2) is 18.7 Å². The number of carbonyl (C=O) groups excluding carboxylic acids is 1. The maximum absolute atomic E-state index is 14.2. The zero-order valence-electron chi connectivity index (χ0n) is 17.1. The maximum Gasteiger partial charge on any atom is 0.270 e. The lowest BCUT2D eigenvalue weighted by Crippen LogP contribution is -2.30. The molecule has 0 aliphatic rings. The van der Waals surface area contributed by atoms with Crippen LogP contribution in [0.4, 0.5) is 19.6 Å². The molecule has 1 amide bonds. The van der Waals surface area contributed by atoms with Gasteiger partial charge in [0.25, 0.3) is 11.6 Å². The van der Waals surface area contributed by atoms with Crippen molar-refractivity contribution in [2.24, 2.45) is 0 Å². The van der Waals surface area contributed by atoms with Crippen molar-refractivity contribution in [3.8, 4) is 0 Å². The SMILES string of the molecule is O=C(/C=C/c1cccc([N+](=O)[O-])c1)N(CCCn1ccnc1)c1nc2c(F)cc(F)cc2s1. The second-order valence-corrected chi connectivity index (χ2v) is 8.07. The number of amides is 1. The Balaban J connectivity index is 1.60. The molecule has 11 heteroatoms. The minimum absolute atomic E-state index is 0.00790. The molecule has 8 nitrogen and oxygen atoms in total. The molecule has 2 heterocycles. The van der Waals surface area contributed by atoms with Gasteiger partial charge in [-0.1, -0.05) is 23.5 Å². The standard InChI is InChI=1S/C22H17F2N5O3S/c23-16-12-18(24)21-19(13-16)33-22(26-21)28(9-2-8-27-10-7-25-14-27)20(30)6-5-15-3-1-4-17(11-15)29(31)32/h1,3-7,10-14H,2,8-9H2/b6-5+. The average Bonchev–Trinajstić information content (AvgIpc) is 3.45. The molecule has 0 saturated carbocycles. The van der Waals surface area contributed by atoms with Gasteiger partial charge in [0.15, 0.2) is 10.9 Å². The molecule has 0 radical (unpaired) electrons. The molecule has 2 aromatic carbocycles. The first kappa shape index (κ1) is 22.2. The van der Waals surface area contributed by atoms with Gasteiger partial charge in [0.05, 0.1) is 16.0 Å². The summed E-state index contributed by atoms with van der Waals surface area (Å²) in [5.74, 6) is -1.96. The first-order valence-corrected chi connectivity index (χ1v) is 10.7. The third-order valence-electron chi connectivity index (χ3n) is 4.76. The summed E-state index contributed by atoms with van der Waals surface area (Å²) >= 11 is 1.01. The second kappa shape index (κ2) is 9.65. The lowest BCUT2D eigenvalue weighted by Gasteiger charge is -2.18. The van der Waals surface area contributed by atoms with Gasteiger partial charge in [-0.05, 0) is 24.1 Å². The van der Waals surface area contributed by atoms with Crippen LogP contribution < -0.4 is 4.90 Å². The lowest BCUT2D eigenvalue weighted by atomic mass is 10.2. The van der Waals surface area contributed by atoms with Gasteiger partial charge in [0, 0.05) is 49.8 Å². The zero-order valence-corrected chi connectivity index (χ0v) is 17.9. The van der Waals surface area contributed by atoms with Gasteiger partial charge in [0.2, 0.25) is 0 Å². The molecular weight excluding hydrogens is 452 g/mol. The van der Waals surface area contributed by atoms with E-state index in [1.807, 2.05) is 4.57 Å². The number of benzene rings is 2. The van der Waals surface area contributed by atoms with Crippen molar-refractivity contribution in [1.29, 1.82) is 0 Å². The molecule has 0 saturated heterocycles. The summed E-state index contributed by atoms with van der Waals surface area (Å²) in [4.78, 5) is 33.1. The Kier molecular flexibility index (Phi) is 6.50. The van der Waals surface area contributed by atoms with Crippen molar-refractivity contribution < 1.29 is 18.5 Å². The predicted octanol–water partition coefficient (Wildman–Crippen LogP) is 4.82. The Morgan fingerprint density at radius 1 is 1.27 bits per heavy atom. The molecule has 0 spiro atoms. The number of non-ortho nitro benzene ring substituents is 1. The summed E-state index contributed by atoms with van der Waals surface area (Å²) in [6.45, 7) is 0.854. The van der Waals surface area contributed by atoms with E-state index in [4.69, 9.17) is 0 Å². The number of nitrogens with zero attached hydrogens (tertiary/aromatic N) is 5. The minimum atomic E-state index is -0.801. The normalized spacial score (nSPS) is 11.3. The summed E-state index contributed by atoms with van der Waals surface area (Å²) in [5, 5.41) is 11.2. The number of nitro benzene ring substituents is 1. The van der Waals surface area contributed by atoms with E-state index in [2.05, 4.69) is 9.97 Å². The molecular formula is C22H17F2N5O3S. The Labute approximate surface area is 190 Å². The summed E-state index contributed by atoms with van der Waals surface area (Å²) in [5.41, 5.74) is 0.380. The van der Waals surface area contributed by atoms with Crippen molar-refractivity contribution in [3.63, 3.8) is 0 Å². The van der Waals surface area contributed by atoms with Gasteiger partial charge in [-0.3, -0.25) is 19.8 Å². The van der Waals surface area contributed by atoms with Crippen molar-refractivity contribution in [3.05, 3.63) is 88.5 Å². The Morgan fingerprint density at radius 3 is 2.88 bits per heavy atom. The highest BCUT2D eigenvalue weighted by Gasteiger charge is 2.20. The van der Waals surface area contributed by atoms with Crippen LogP contribution in [0.2, 0.25) is 0 Å². The van der Waals surface area contributed by atoms with Crippen molar-refractivity contribution in [2.75, 3.05) is 11.4 Å². The highest BCUT2D eigenvalue weighted by atomic mass is 32.1. The van der Waals surface area contributed by atoms with E-state index in [9.17, 15) is 23.7 Å². The largest absolute Gasteiger partial charge is 0.337 e. The van der Waals surface area contributed by atoms with Gasteiger partial charge in [-0.15, -0.1) is 0 Å². The van der Waals surface area contributed by atoms with Crippen LogP contribution in [0.25, 0.3) is 16.3 Å². The number of halogens is 2. The van der Waals surface area contributed by atoms with Gasteiger partial charge in [-0.2, -0.15) is 0 Å². The number of thiazole rings is 1. The molecule has 2 aromatic heterocycles. The molecule has 4 rings (SSSR count). The smallest absolute Gasteiger partial charge is 0.270 e. The van der Waals surface area contributed by atoms with Crippen LogP contribution in [-0.2, 0) is 11.3 Å². The third kappa shape index (κ3) is 5.26. The van der Waals surface area contributed by atoms with Crippen LogP contribution in [-0.4, -0.2) is 31.9 Å². The van der Waals surface area contributed by atoms with Crippen molar-refractivity contribution >= 4 is 44.4 Å². The van der Waals surface area contributed by atoms with E-state index in [0.717, 1.165) is 17.4 Å². The molecule has 33 heavy (non-hydrogen) atoms. The Bertz CT molecular complexity index is 1340. The quantitative estimate of drug-likeness (QED) is 0.210. The first-order chi connectivity index (χ1) is 15.9. The van der Waals surface area contributed by atoms with Gasteiger partial charge < -0.3 is 4.57 Å². The number of hydrogen-bond donors (Lipinski definition) is 0. The zero-order chi connectivity index (χ0) is 23.4. The van der Waals surface area contributed by atoms with Crippen LogP contribution >= 0.6 is 11.3 Å². The van der Waals surface area contributed by atoms with E-state index in [1.165, 1.54) is 41.3 Å². The van der Waals surface area contributed by atoms with Crippen molar-refractivity contribution in [2.45, 2.75) is 13.0 Å². The van der Waals surface area contributed by atoms with Crippen LogP contribution in [0.15, 0.2) is 61.2 Å². The van der Waals surface area contributed by atoms with E-state index in [0.29, 0.717) is 18.5 Å². The number of hydrogen-bond acceptors (Lipinski definition) is 6. The molecule has 0 aliphatic carbocycles. The fourth-order valence-electron chi connectivity index (χ4n) is 3.19. The molecule has 0 N–H and O–H groups in total. The predicted molar refractivity (Wildman–Crippen MR) is 121 cm³/mol. The third-order valence-corrected chi connectivity index (χ3v) is 5.78. The average molecular weight is 469 g/mol. The van der Waals surface area contributed by atoms with Crippen LogP contribution in [0, 0.1) is 21.7 Å². The fourth-order valence-corrected chi connectivity index (χ4v) is 4.23. The number of imidazole rings is 1. The van der Waals surface area contributed by atoms with Gasteiger partial charge >= 0.3 is 0 Å². The number of rotatable bonds is 8. The molecule has 0 bridgehead atoms. The number of fused-ring (bicyclic) bond motifs is 1. The lowest BCUT2D eigenvalue weighted by molar-refractivity contribution is -0.384. The van der Waals surface area contributed by atoms with E-state index in [-0.39, 0.29) is 27.6 Å². The van der Waals surface area contributed by atoms with Crippen LogP contribution in [0.1, 0.15) is 12.0 Å². The molecule has 0 unspecified atom stereocenters. The monoisotopic (exact) mass is 469 g/mol. The molecule has 0 aliphatic heterocycles. The van der Waals surface area contributed by atoms with Gasteiger partial charge in [0.1, 0.15) is 11.3 Å². The minimum Gasteiger partial charge on any atom is -0.337 e. The van der Waals surface area contributed by atoms with Crippen LogP contribution in [0.3, 0.4) is 0 Å². The second-order valence-electron chi connectivity index (χ2n) is 7.06. The summed E-state index contributed by atoms with van der Waals surface area (Å²) in [7, 11) is 0. The van der Waals surface area contributed by atoms with E-state index >= 15 is 0 Å². The molecule has 0 atom stereocenters. The Morgan fingerprint density at radius 2 is 2.12 bits per heavy atom. The number of aromatic nitrogens is 3. The number of carbonyl (C=O) groups is 1. The fraction of sp³-hybridized carbons (Fsp3) is 0.136. The summed E-state index contributed by atoms with van der Waals surface area (Å²) < 4.78 is 29.9. The molecule has 4 aromatic rings. The van der Waals surface area contributed by atoms with E-state index in [1.54, 1.807) is 24.8 Å². The first-order valence-electron chi connectivity index (χ1n) is 9.86. The number of anilines is 1. The molecule has 0 fully saturated rings. The Hall–Kier alpha value is -3.99. The highest BCUT2D eigenvalue weighted by Crippen LogP contribution is 2.31. The van der Waals surface area contributed by atoms with Crippen molar-refractivity contribution in [1.82, 2.24) is 14.5 Å². The maximum atomic E-state index is 14.2.